The third kappa shape index (κ3) is 4.94. The zero-order valence-electron chi connectivity index (χ0n) is 17.1. The van der Waals surface area contributed by atoms with E-state index in [0.29, 0.717) is 43.8 Å². The van der Waals surface area contributed by atoms with E-state index in [2.05, 4.69) is 15.6 Å². The van der Waals surface area contributed by atoms with E-state index in [4.69, 9.17) is 4.74 Å². The summed E-state index contributed by atoms with van der Waals surface area (Å²) in [5, 5.41) is 6.63. The van der Waals surface area contributed by atoms with E-state index in [1.165, 1.54) is 12.4 Å². The first-order valence-corrected chi connectivity index (χ1v) is 11.3. The van der Waals surface area contributed by atoms with E-state index in [-0.39, 0.29) is 27.8 Å². The van der Waals surface area contributed by atoms with Gasteiger partial charge in [-0.1, -0.05) is 0 Å². The maximum Gasteiger partial charge on any atom is 0.417 e. The van der Waals surface area contributed by atoms with E-state index in [9.17, 15) is 22.8 Å². The number of hydrogen-bond acceptors (Lipinski definition) is 5. The number of nitrogens with one attached hydrogen (secondary N) is 2. The highest BCUT2D eigenvalue weighted by atomic mass is 32.1. The van der Waals surface area contributed by atoms with Crippen LogP contribution in [0.1, 0.15) is 66.1 Å². The van der Waals surface area contributed by atoms with Crippen molar-refractivity contribution in [3.63, 3.8) is 0 Å². The number of amides is 2. The molecule has 0 aliphatic heterocycles. The first-order valence-electron chi connectivity index (χ1n) is 10.4. The van der Waals surface area contributed by atoms with E-state index in [0.717, 1.165) is 30.2 Å². The van der Waals surface area contributed by atoms with Crippen LogP contribution in [0.2, 0.25) is 0 Å². The number of pyridine rings is 1. The minimum absolute atomic E-state index is 0.0285. The number of halogens is 3. The molecule has 0 aromatic carbocycles. The lowest BCUT2D eigenvalue weighted by Crippen LogP contribution is -2.32. The molecule has 0 spiro atoms. The third-order valence-corrected chi connectivity index (χ3v) is 6.92. The van der Waals surface area contributed by atoms with Crippen molar-refractivity contribution < 1.29 is 27.5 Å². The first kappa shape index (κ1) is 21.9. The average molecular weight is 456 g/mol. The normalized spacial score (nSPS) is 21.7. The van der Waals surface area contributed by atoms with E-state index in [1.807, 2.05) is 0 Å². The Kier molecular flexibility index (Phi) is 6.09. The van der Waals surface area contributed by atoms with Gasteiger partial charge in [-0.05, 0) is 50.5 Å². The molecule has 0 unspecified atom stereocenters. The molecule has 2 amide bonds. The number of nitrogens with zero attached hydrogens (tertiary/aromatic N) is 1. The Balaban J connectivity index is 1.50. The van der Waals surface area contributed by atoms with Gasteiger partial charge in [-0.2, -0.15) is 13.2 Å². The van der Waals surface area contributed by atoms with Crippen molar-refractivity contribution >= 4 is 33.6 Å². The Morgan fingerprint density at radius 3 is 2.52 bits per heavy atom. The Labute approximate surface area is 181 Å². The molecule has 0 bridgehead atoms. The summed E-state index contributed by atoms with van der Waals surface area (Å²) in [5.41, 5.74) is -0.184. The van der Waals surface area contributed by atoms with Crippen molar-refractivity contribution in [1.29, 1.82) is 0 Å². The van der Waals surface area contributed by atoms with E-state index >= 15 is 0 Å². The zero-order valence-corrected chi connectivity index (χ0v) is 17.9. The van der Waals surface area contributed by atoms with Gasteiger partial charge >= 0.3 is 12.3 Å². The van der Waals surface area contributed by atoms with Crippen LogP contribution in [-0.4, -0.2) is 36.7 Å². The summed E-state index contributed by atoms with van der Waals surface area (Å²) < 4.78 is 46.6. The molecule has 2 aliphatic rings. The number of aromatic nitrogens is 1. The Bertz CT molecular complexity index is 979. The smallest absolute Gasteiger partial charge is 0.417 e. The Morgan fingerprint density at radius 1 is 1.19 bits per heavy atom. The third-order valence-electron chi connectivity index (χ3n) is 5.92. The van der Waals surface area contributed by atoms with Gasteiger partial charge < -0.3 is 15.4 Å². The SMILES string of the molecule is CNC(=O)c1csc2c(C(F)(F)F)cc(C3CCC(OC(=O)NCC4CC4)CC3)nc12. The standard InChI is InChI=1S/C21H24F3N3O3S/c1-25-19(28)14-10-31-18-15(21(22,23)24)8-16(27-17(14)18)12-4-6-13(7-5-12)30-20(29)26-9-11-2-3-11/h8,10-13H,2-7,9H2,1H3,(H,25,28)(H,26,29). The maximum absolute atomic E-state index is 13.7. The first-order chi connectivity index (χ1) is 14.8. The highest BCUT2D eigenvalue weighted by Crippen LogP contribution is 2.42. The second-order valence-corrected chi connectivity index (χ2v) is 9.08. The van der Waals surface area contributed by atoms with Gasteiger partial charge in [0.25, 0.3) is 5.91 Å². The number of hydrogen-bond donors (Lipinski definition) is 2. The highest BCUT2D eigenvalue weighted by molar-refractivity contribution is 7.17. The summed E-state index contributed by atoms with van der Waals surface area (Å²) in [6.45, 7) is 0.632. The molecular weight excluding hydrogens is 431 g/mol. The summed E-state index contributed by atoms with van der Waals surface area (Å²) in [6, 6.07) is 1.11. The second kappa shape index (κ2) is 8.64. The molecule has 2 aromatic rings. The summed E-state index contributed by atoms with van der Waals surface area (Å²) in [7, 11) is 1.43. The average Bonchev–Trinajstić information content (AvgIpc) is 3.48. The molecule has 4 rings (SSSR count). The molecule has 2 saturated carbocycles. The van der Waals surface area contributed by atoms with Gasteiger partial charge in [0.1, 0.15) is 6.10 Å². The zero-order chi connectivity index (χ0) is 22.2. The van der Waals surface area contributed by atoms with Gasteiger partial charge in [0, 0.05) is 30.6 Å². The summed E-state index contributed by atoms with van der Waals surface area (Å²) in [4.78, 5) is 28.5. The van der Waals surface area contributed by atoms with Gasteiger partial charge in [-0.3, -0.25) is 9.78 Å². The fourth-order valence-corrected chi connectivity index (χ4v) is 4.99. The van der Waals surface area contributed by atoms with Crippen LogP contribution < -0.4 is 10.6 Å². The molecule has 2 N–H and O–H groups in total. The van der Waals surface area contributed by atoms with Crippen LogP contribution in [0.3, 0.4) is 0 Å². The van der Waals surface area contributed by atoms with E-state index < -0.39 is 23.7 Å². The van der Waals surface area contributed by atoms with Crippen LogP contribution in [0, 0.1) is 5.92 Å². The van der Waals surface area contributed by atoms with E-state index in [1.54, 1.807) is 0 Å². The summed E-state index contributed by atoms with van der Waals surface area (Å²) in [5.74, 6) is -0.0838. The summed E-state index contributed by atoms with van der Waals surface area (Å²) in [6.07, 6.45) is -0.690. The van der Waals surface area contributed by atoms with Crippen LogP contribution in [0.25, 0.3) is 10.2 Å². The van der Waals surface area contributed by atoms with Crippen molar-refractivity contribution in [2.24, 2.45) is 5.92 Å². The molecule has 168 valence electrons. The Hall–Kier alpha value is -2.36. The fourth-order valence-electron chi connectivity index (χ4n) is 3.96. The van der Waals surface area contributed by atoms with Crippen molar-refractivity contribution in [2.45, 2.75) is 56.7 Å². The van der Waals surface area contributed by atoms with Crippen LogP contribution in [0.5, 0.6) is 0 Å². The molecule has 2 fully saturated rings. The molecular formula is C21H24F3N3O3S. The van der Waals surface area contributed by atoms with Gasteiger partial charge in [0.15, 0.2) is 0 Å². The quantitative estimate of drug-likeness (QED) is 0.676. The number of fused-ring (bicyclic) bond motifs is 1. The lowest BCUT2D eigenvalue weighted by Gasteiger charge is -2.28. The molecule has 6 nitrogen and oxygen atoms in total. The van der Waals surface area contributed by atoms with Crippen LogP contribution in [0.4, 0.5) is 18.0 Å². The molecule has 2 heterocycles. The van der Waals surface area contributed by atoms with Crippen molar-refractivity contribution in [2.75, 3.05) is 13.6 Å². The summed E-state index contributed by atoms with van der Waals surface area (Å²) >= 11 is 0.877. The van der Waals surface area contributed by atoms with Crippen molar-refractivity contribution in [1.82, 2.24) is 15.6 Å². The molecule has 10 heteroatoms. The van der Waals surface area contributed by atoms with Crippen molar-refractivity contribution in [3.8, 4) is 0 Å². The molecule has 31 heavy (non-hydrogen) atoms. The number of rotatable bonds is 5. The number of thiophene rings is 1. The highest BCUT2D eigenvalue weighted by Gasteiger charge is 2.36. The number of carbonyl (C=O) groups is 2. The topological polar surface area (TPSA) is 80.3 Å². The lowest BCUT2D eigenvalue weighted by molar-refractivity contribution is -0.136. The van der Waals surface area contributed by atoms with Gasteiger partial charge in [0.2, 0.25) is 0 Å². The lowest BCUT2D eigenvalue weighted by atomic mass is 9.84. The number of alkyl halides is 3. The maximum atomic E-state index is 13.7. The van der Waals surface area contributed by atoms with Crippen LogP contribution in [0.15, 0.2) is 11.4 Å². The molecule has 0 atom stereocenters. The Morgan fingerprint density at radius 2 is 1.90 bits per heavy atom. The monoisotopic (exact) mass is 455 g/mol. The fraction of sp³-hybridized carbons (Fsp3) is 0.571. The van der Waals surface area contributed by atoms with Gasteiger partial charge in [-0.25, -0.2) is 4.79 Å². The largest absolute Gasteiger partial charge is 0.446 e. The minimum atomic E-state index is -4.54. The van der Waals surface area contributed by atoms with Crippen LogP contribution in [-0.2, 0) is 10.9 Å². The molecule has 2 aliphatic carbocycles. The molecule has 0 saturated heterocycles. The van der Waals surface area contributed by atoms with Crippen LogP contribution >= 0.6 is 11.3 Å². The number of alkyl carbamates (subject to hydrolysis) is 1. The second-order valence-electron chi connectivity index (χ2n) is 8.20. The predicted molar refractivity (Wildman–Crippen MR) is 110 cm³/mol. The minimum Gasteiger partial charge on any atom is -0.446 e. The van der Waals surface area contributed by atoms with Crippen molar-refractivity contribution in [3.05, 3.63) is 28.3 Å². The van der Waals surface area contributed by atoms with Gasteiger partial charge in [-0.15, -0.1) is 11.3 Å². The molecule has 2 aromatic heterocycles. The number of carbonyl (C=O) groups excluding carboxylic acids is 2. The number of ether oxygens (including phenoxy) is 1. The predicted octanol–water partition coefficient (Wildman–Crippen LogP) is 4.84. The molecule has 0 radical (unpaired) electrons. The van der Waals surface area contributed by atoms with Gasteiger partial charge in [0.05, 0.1) is 21.3 Å².